The predicted octanol–water partition coefficient (Wildman–Crippen LogP) is 1.44. The first-order valence-electron chi connectivity index (χ1n) is 6.57. The number of nitriles is 1. The van der Waals surface area contributed by atoms with Crippen molar-refractivity contribution < 1.29 is 4.79 Å². The number of benzene rings is 1. The van der Waals surface area contributed by atoms with Crippen molar-refractivity contribution in [1.82, 2.24) is 10.2 Å². The smallest absolute Gasteiger partial charge is 0.241 e. The summed E-state index contributed by atoms with van der Waals surface area (Å²) in [5.41, 5.74) is 0.877. The van der Waals surface area contributed by atoms with Crippen LogP contribution in [0.2, 0.25) is 5.02 Å². The minimum atomic E-state index is -0.234. The molecule has 5 nitrogen and oxygen atoms in total. The molecule has 1 unspecified atom stereocenters. The summed E-state index contributed by atoms with van der Waals surface area (Å²) in [5.74, 6) is -0.120. The number of nitrogens with zero attached hydrogens (tertiary/aromatic N) is 2. The van der Waals surface area contributed by atoms with E-state index in [1.807, 2.05) is 13.0 Å². The molecule has 106 valence electrons. The summed E-state index contributed by atoms with van der Waals surface area (Å²) in [6.45, 7) is 5.33. The van der Waals surface area contributed by atoms with Gasteiger partial charge >= 0.3 is 0 Å². The number of halogens is 1. The fourth-order valence-electron chi connectivity index (χ4n) is 2.19. The first-order valence-corrected chi connectivity index (χ1v) is 6.95. The van der Waals surface area contributed by atoms with E-state index in [-0.39, 0.29) is 11.9 Å². The van der Waals surface area contributed by atoms with Gasteiger partial charge in [0.25, 0.3) is 0 Å². The molecule has 0 radical (unpaired) electrons. The molecule has 1 aromatic rings. The van der Waals surface area contributed by atoms with Crippen LogP contribution < -0.4 is 10.6 Å². The van der Waals surface area contributed by atoms with Crippen LogP contribution in [0.1, 0.15) is 12.5 Å². The van der Waals surface area contributed by atoms with Crippen LogP contribution in [0.5, 0.6) is 0 Å². The lowest BCUT2D eigenvalue weighted by molar-refractivity contribution is -0.120. The number of anilines is 1. The minimum Gasteiger partial charge on any atom is -0.323 e. The van der Waals surface area contributed by atoms with Crippen molar-refractivity contribution in [3.63, 3.8) is 0 Å². The van der Waals surface area contributed by atoms with E-state index in [0.29, 0.717) is 16.3 Å². The second kappa shape index (κ2) is 6.71. The highest BCUT2D eigenvalue weighted by molar-refractivity contribution is 6.31. The number of carbonyl (C=O) groups is 1. The third-order valence-electron chi connectivity index (χ3n) is 3.44. The van der Waals surface area contributed by atoms with Crippen molar-refractivity contribution in [2.45, 2.75) is 13.0 Å². The van der Waals surface area contributed by atoms with Gasteiger partial charge in [0.15, 0.2) is 0 Å². The van der Waals surface area contributed by atoms with E-state index in [1.54, 1.807) is 18.2 Å². The minimum absolute atomic E-state index is 0.120. The fourth-order valence-corrected chi connectivity index (χ4v) is 2.36. The first-order chi connectivity index (χ1) is 9.61. The Balaban J connectivity index is 2.07. The molecule has 0 spiro atoms. The molecule has 1 aromatic carbocycles. The van der Waals surface area contributed by atoms with Crippen molar-refractivity contribution in [3.8, 4) is 6.07 Å². The highest BCUT2D eigenvalue weighted by Crippen LogP contribution is 2.21. The molecule has 1 aliphatic heterocycles. The molecule has 20 heavy (non-hydrogen) atoms. The van der Waals surface area contributed by atoms with Crippen LogP contribution >= 0.6 is 11.6 Å². The summed E-state index contributed by atoms with van der Waals surface area (Å²) in [7, 11) is 0. The lowest BCUT2D eigenvalue weighted by Crippen LogP contribution is -2.51. The van der Waals surface area contributed by atoms with Crippen molar-refractivity contribution in [2.24, 2.45) is 0 Å². The second-order valence-electron chi connectivity index (χ2n) is 4.75. The van der Waals surface area contributed by atoms with Crippen LogP contribution in [0.3, 0.4) is 0 Å². The fraction of sp³-hybridized carbons (Fsp3) is 0.429. The summed E-state index contributed by atoms with van der Waals surface area (Å²) in [6.07, 6.45) is 0. The van der Waals surface area contributed by atoms with Gasteiger partial charge in [-0.05, 0) is 25.1 Å². The third kappa shape index (κ3) is 3.48. The van der Waals surface area contributed by atoms with Gasteiger partial charge in [-0.15, -0.1) is 0 Å². The van der Waals surface area contributed by atoms with Gasteiger partial charge in [-0.2, -0.15) is 5.26 Å². The Kier molecular flexibility index (Phi) is 4.96. The Hall–Kier alpha value is -1.61. The Morgan fingerprint density at radius 1 is 1.50 bits per heavy atom. The Labute approximate surface area is 123 Å². The van der Waals surface area contributed by atoms with E-state index in [1.165, 1.54) is 0 Å². The Morgan fingerprint density at radius 2 is 2.20 bits per heavy atom. The zero-order valence-corrected chi connectivity index (χ0v) is 12.1. The van der Waals surface area contributed by atoms with E-state index in [0.717, 1.165) is 26.2 Å². The summed E-state index contributed by atoms with van der Waals surface area (Å²) in [4.78, 5) is 14.4. The van der Waals surface area contributed by atoms with E-state index in [4.69, 9.17) is 16.9 Å². The van der Waals surface area contributed by atoms with E-state index >= 15 is 0 Å². The molecule has 0 saturated carbocycles. The van der Waals surface area contributed by atoms with Crippen LogP contribution in [0, 0.1) is 11.3 Å². The molecule has 2 rings (SSSR count). The van der Waals surface area contributed by atoms with Crippen molar-refractivity contribution in [3.05, 3.63) is 28.8 Å². The molecule has 2 N–H and O–H groups in total. The quantitative estimate of drug-likeness (QED) is 0.885. The van der Waals surface area contributed by atoms with E-state index in [2.05, 4.69) is 15.5 Å². The largest absolute Gasteiger partial charge is 0.323 e. The van der Waals surface area contributed by atoms with Crippen molar-refractivity contribution in [2.75, 3.05) is 31.5 Å². The number of piperazine rings is 1. The normalized spacial score (nSPS) is 17.2. The Bertz CT molecular complexity index is 534. The maximum atomic E-state index is 12.3. The topological polar surface area (TPSA) is 68.2 Å². The van der Waals surface area contributed by atoms with E-state index < -0.39 is 0 Å². The highest BCUT2D eigenvalue weighted by atomic mass is 35.5. The van der Waals surface area contributed by atoms with Gasteiger partial charge < -0.3 is 10.6 Å². The zero-order valence-electron chi connectivity index (χ0n) is 11.3. The van der Waals surface area contributed by atoms with Gasteiger partial charge in [-0.1, -0.05) is 11.6 Å². The van der Waals surface area contributed by atoms with Crippen LogP contribution in [-0.4, -0.2) is 43.0 Å². The summed E-state index contributed by atoms with van der Waals surface area (Å²) in [5, 5.41) is 15.6. The standard InChI is InChI=1S/C14H17ClN4O/c1-10(19-6-4-17-5-7-19)14(20)18-13-8-12(15)3-2-11(13)9-16/h2-3,8,10,17H,4-7H2,1H3,(H,18,20). The maximum absolute atomic E-state index is 12.3. The van der Waals surface area contributed by atoms with E-state index in [9.17, 15) is 4.79 Å². The van der Waals surface area contributed by atoms with Crippen LogP contribution in [-0.2, 0) is 4.79 Å². The third-order valence-corrected chi connectivity index (χ3v) is 3.67. The molecule has 1 amide bonds. The molecule has 6 heteroatoms. The van der Waals surface area contributed by atoms with Gasteiger partial charge in [-0.25, -0.2) is 0 Å². The average Bonchev–Trinajstić information content (AvgIpc) is 2.47. The number of amides is 1. The molecule has 0 aromatic heterocycles. The number of carbonyl (C=O) groups excluding carboxylic acids is 1. The molecule has 1 heterocycles. The van der Waals surface area contributed by atoms with Crippen LogP contribution in [0.25, 0.3) is 0 Å². The average molecular weight is 293 g/mol. The number of rotatable bonds is 3. The molecule has 1 saturated heterocycles. The molecule has 0 aliphatic carbocycles. The van der Waals surface area contributed by atoms with Crippen LogP contribution in [0.15, 0.2) is 18.2 Å². The molecular formula is C14H17ClN4O. The number of hydrogen-bond donors (Lipinski definition) is 2. The SMILES string of the molecule is CC(C(=O)Nc1cc(Cl)ccc1C#N)N1CCNCC1. The van der Waals surface area contributed by atoms with Gasteiger partial charge in [0.2, 0.25) is 5.91 Å². The molecule has 1 atom stereocenters. The van der Waals surface area contributed by atoms with Crippen LogP contribution in [0.4, 0.5) is 5.69 Å². The lowest BCUT2D eigenvalue weighted by atomic mass is 10.1. The maximum Gasteiger partial charge on any atom is 0.241 e. The van der Waals surface area contributed by atoms with Gasteiger partial charge in [0.05, 0.1) is 17.3 Å². The molecule has 1 fully saturated rings. The number of nitrogens with one attached hydrogen (secondary N) is 2. The Morgan fingerprint density at radius 3 is 2.85 bits per heavy atom. The van der Waals surface area contributed by atoms with Crippen molar-refractivity contribution in [1.29, 1.82) is 5.26 Å². The van der Waals surface area contributed by atoms with Gasteiger partial charge in [-0.3, -0.25) is 9.69 Å². The predicted molar refractivity (Wildman–Crippen MR) is 78.7 cm³/mol. The molecule has 0 bridgehead atoms. The second-order valence-corrected chi connectivity index (χ2v) is 5.19. The summed E-state index contributed by atoms with van der Waals surface area (Å²) >= 11 is 5.91. The molecule has 1 aliphatic rings. The molecular weight excluding hydrogens is 276 g/mol. The highest BCUT2D eigenvalue weighted by Gasteiger charge is 2.23. The summed E-state index contributed by atoms with van der Waals surface area (Å²) in [6, 6.07) is 6.65. The number of hydrogen-bond acceptors (Lipinski definition) is 4. The van der Waals surface area contributed by atoms with Gasteiger partial charge in [0.1, 0.15) is 6.07 Å². The zero-order chi connectivity index (χ0) is 14.5. The lowest BCUT2D eigenvalue weighted by Gasteiger charge is -2.31. The van der Waals surface area contributed by atoms with Gasteiger partial charge in [0, 0.05) is 31.2 Å². The summed E-state index contributed by atoms with van der Waals surface area (Å²) < 4.78 is 0. The first kappa shape index (κ1) is 14.8. The monoisotopic (exact) mass is 292 g/mol. The van der Waals surface area contributed by atoms with Crippen molar-refractivity contribution >= 4 is 23.2 Å².